The summed E-state index contributed by atoms with van der Waals surface area (Å²) < 4.78 is 11.3. The number of carbonyl (C=O) groups is 1. The van der Waals surface area contributed by atoms with Crippen LogP contribution in [0.15, 0.2) is 37.0 Å². The van der Waals surface area contributed by atoms with Gasteiger partial charge in [-0.3, -0.25) is 4.79 Å². The Bertz CT molecular complexity index is 447. The van der Waals surface area contributed by atoms with E-state index in [0.717, 1.165) is 5.57 Å². The van der Waals surface area contributed by atoms with E-state index >= 15 is 0 Å². The number of carbonyl (C=O) groups excluding carboxylic acids is 1. The molecule has 1 saturated carbocycles. The van der Waals surface area contributed by atoms with Crippen molar-refractivity contribution in [3.8, 4) is 0 Å². The van der Waals surface area contributed by atoms with Crippen LogP contribution in [0, 0.1) is 5.41 Å². The molecule has 1 aliphatic carbocycles. The molecule has 20 heavy (non-hydrogen) atoms. The zero-order chi connectivity index (χ0) is 15.6. The van der Waals surface area contributed by atoms with E-state index in [-0.39, 0.29) is 5.97 Å². The monoisotopic (exact) mass is 294 g/mol. The molecule has 0 aliphatic heterocycles. The Labute approximate surface area is 123 Å². The van der Waals surface area contributed by atoms with Crippen LogP contribution in [0.1, 0.15) is 19.8 Å². The van der Waals surface area contributed by atoms with Gasteiger partial charge in [0.2, 0.25) is 0 Å². The molecule has 1 aliphatic rings. The number of hydrogen-bond donors (Lipinski definition) is 0. The van der Waals surface area contributed by atoms with Crippen LogP contribution in [0.2, 0.25) is 19.6 Å². The summed E-state index contributed by atoms with van der Waals surface area (Å²) in [6, 6.07) is 0. The fourth-order valence-electron chi connectivity index (χ4n) is 2.58. The Kier molecular flexibility index (Phi) is 4.82. The van der Waals surface area contributed by atoms with Gasteiger partial charge in [-0.2, -0.15) is 0 Å². The molecule has 0 N–H and O–H groups in total. The lowest BCUT2D eigenvalue weighted by Gasteiger charge is -2.28. The van der Waals surface area contributed by atoms with Gasteiger partial charge in [-0.1, -0.05) is 30.4 Å². The molecule has 0 spiro atoms. The molecule has 0 radical (unpaired) electrons. The van der Waals surface area contributed by atoms with Gasteiger partial charge in [0, 0.05) is 0 Å². The summed E-state index contributed by atoms with van der Waals surface area (Å²) in [5.41, 5.74) is -0.164. The zero-order valence-corrected chi connectivity index (χ0v) is 14.3. The second-order valence-corrected chi connectivity index (χ2v) is 10.8. The van der Waals surface area contributed by atoms with E-state index in [4.69, 9.17) is 9.16 Å². The van der Waals surface area contributed by atoms with Crippen molar-refractivity contribution in [2.24, 2.45) is 5.41 Å². The lowest BCUT2D eigenvalue weighted by atomic mass is 9.95. The Morgan fingerprint density at radius 2 is 1.95 bits per heavy atom. The van der Waals surface area contributed by atoms with Gasteiger partial charge in [0.25, 0.3) is 0 Å². The number of hydrogen-bond acceptors (Lipinski definition) is 3. The molecule has 4 heteroatoms. The van der Waals surface area contributed by atoms with Crippen LogP contribution in [0.25, 0.3) is 0 Å². The van der Waals surface area contributed by atoms with E-state index < -0.39 is 19.3 Å². The minimum Gasteiger partial charge on any atom is -0.468 e. The highest BCUT2D eigenvalue weighted by molar-refractivity contribution is 6.69. The van der Waals surface area contributed by atoms with E-state index in [9.17, 15) is 4.79 Å². The molecule has 0 aromatic carbocycles. The number of methoxy groups -OCH3 is 1. The first kappa shape index (κ1) is 16.9. The number of allylic oxidation sites excluding steroid dienone is 3. The van der Waals surface area contributed by atoms with Crippen molar-refractivity contribution in [2.45, 2.75) is 45.0 Å². The van der Waals surface area contributed by atoms with Gasteiger partial charge < -0.3 is 9.16 Å². The third-order valence-corrected chi connectivity index (χ3v) is 4.71. The summed E-state index contributed by atoms with van der Waals surface area (Å²) in [6.07, 6.45) is 6.81. The van der Waals surface area contributed by atoms with Crippen molar-refractivity contribution >= 4 is 14.3 Å². The van der Waals surface area contributed by atoms with Crippen LogP contribution in [-0.4, -0.2) is 27.0 Å². The van der Waals surface area contributed by atoms with E-state index in [1.807, 2.05) is 13.0 Å². The van der Waals surface area contributed by atoms with Crippen LogP contribution >= 0.6 is 0 Å². The molecule has 0 heterocycles. The SMILES string of the molecule is C=C/C(C)=C/C[C@@]1(C(=O)OC)C[C@@]1(C=C)O[Si](C)(C)C. The fourth-order valence-corrected chi connectivity index (χ4v) is 4.02. The van der Waals surface area contributed by atoms with Crippen molar-refractivity contribution in [1.82, 2.24) is 0 Å². The molecule has 0 unspecified atom stereocenters. The first-order valence-electron chi connectivity index (χ1n) is 6.88. The first-order chi connectivity index (χ1) is 9.16. The summed E-state index contributed by atoms with van der Waals surface area (Å²) in [4.78, 5) is 12.3. The summed E-state index contributed by atoms with van der Waals surface area (Å²) in [6.45, 7) is 15.9. The van der Waals surface area contributed by atoms with Crippen molar-refractivity contribution in [2.75, 3.05) is 7.11 Å². The summed E-state index contributed by atoms with van der Waals surface area (Å²) in [5, 5.41) is 0. The average Bonchev–Trinajstić information content (AvgIpc) is 3.02. The van der Waals surface area contributed by atoms with Gasteiger partial charge in [-0.05, 0) is 39.4 Å². The minimum absolute atomic E-state index is 0.219. The van der Waals surface area contributed by atoms with Crippen LogP contribution in [-0.2, 0) is 14.0 Å². The van der Waals surface area contributed by atoms with Gasteiger partial charge in [0.1, 0.15) is 5.41 Å². The van der Waals surface area contributed by atoms with E-state index in [0.29, 0.717) is 12.8 Å². The van der Waals surface area contributed by atoms with Crippen LogP contribution in [0.3, 0.4) is 0 Å². The van der Waals surface area contributed by atoms with Gasteiger partial charge in [-0.25, -0.2) is 0 Å². The molecule has 2 atom stereocenters. The number of ether oxygens (including phenoxy) is 1. The third kappa shape index (κ3) is 3.12. The van der Waals surface area contributed by atoms with Crippen molar-refractivity contribution < 1.29 is 14.0 Å². The van der Waals surface area contributed by atoms with E-state index in [1.165, 1.54) is 7.11 Å². The number of rotatable bonds is 7. The smallest absolute Gasteiger partial charge is 0.315 e. The normalized spacial score (nSPS) is 29.8. The second-order valence-electron chi connectivity index (χ2n) is 6.41. The lowest BCUT2D eigenvalue weighted by Crippen LogP contribution is -2.38. The molecule has 0 aromatic heterocycles. The molecule has 0 bridgehead atoms. The highest BCUT2D eigenvalue weighted by atomic mass is 28.4. The Morgan fingerprint density at radius 1 is 1.35 bits per heavy atom. The van der Waals surface area contributed by atoms with E-state index in [1.54, 1.807) is 12.2 Å². The lowest BCUT2D eigenvalue weighted by molar-refractivity contribution is -0.149. The zero-order valence-electron chi connectivity index (χ0n) is 13.3. The van der Waals surface area contributed by atoms with E-state index in [2.05, 4.69) is 32.8 Å². The average molecular weight is 294 g/mol. The molecule has 112 valence electrons. The van der Waals surface area contributed by atoms with Crippen molar-refractivity contribution in [1.29, 1.82) is 0 Å². The molecule has 1 rings (SSSR count). The first-order valence-corrected chi connectivity index (χ1v) is 10.3. The molecular formula is C16H26O3Si. The molecule has 0 aromatic rings. The maximum atomic E-state index is 12.3. The third-order valence-electron chi connectivity index (χ3n) is 3.74. The maximum absolute atomic E-state index is 12.3. The standard InChI is InChI=1S/C16H26O3Si/c1-8-13(3)10-11-15(14(17)18-4)12-16(15,9-2)19-20(5,6)7/h8-10H,1-2,11-12H2,3-7H3/b13-10+/t15-,16+/m0/s1. The molecule has 3 nitrogen and oxygen atoms in total. The Morgan fingerprint density at radius 3 is 2.35 bits per heavy atom. The second kappa shape index (κ2) is 5.70. The quantitative estimate of drug-likeness (QED) is 0.310. The predicted molar refractivity (Wildman–Crippen MR) is 85.0 cm³/mol. The van der Waals surface area contributed by atoms with Gasteiger partial charge >= 0.3 is 5.97 Å². The summed E-state index contributed by atoms with van der Waals surface area (Å²) in [7, 11) is -0.358. The Hall–Kier alpha value is -1.13. The highest BCUT2D eigenvalue weighted by Crippen LogP contribution is 2.63. The highest BCUT2D eigenvalue weighted by Gasteiger charge is 2.72. The van der Waals surface area contributed by atoms with Crippen molar-refractivity contribution in [3.05, 3.63) is 37.0 Å². The van der Waals surface area contributed by atoms with Gasteiger partial charge in [-0.15, -0.1) is 6.58 Å². The summed E-state index contributed by atoms with van der Waals surface area (Å²) in [5.74, 6) is -0.219. The molecule has 0 saturated heterocycles. The number of esters is 1. The topological polar surface area (TPSA) is 35.5 Å². The van der Waals surface area contributed by atoms with Crippen LogP contribution < -0.4 is 0 Å². The fraction of sp³-hybridized carbons (Fsp3) is 0.562. The Balaban J connectivity index is 3.08. The molecular weight excluding hydrogens is 268 g/mol. The van der Waals surface area contributed by atoms with Crippen molar-refractivity contribution in [3.63, 3.8) is 0 Å². The van der Waals surface area contributed by atoms with Gasteiger partial charge in [0.15, 0.2) is 8.32 Å². The molecule has 0 amide bonds. The molecule has 1 fully saturated rings. The maximum Gasteiger partial charge on any atom is 0.315 e. The minimum atomic E-state index is -1.78. The largest absolute Gasteiger partial charge is 0.468 e. The van der Waals surface area contributed by atoms with Gasteiger partial charge in [0.05, 0.1) is 12.7 Å². The van der Waals surface area contributed by atoms with Crippen LogP contribution in [0.5, 0.6) is 0 Å². The predicted octanol–water partition coefficient (Wildman–Crippen LogP) is 3.85. The summed E-state index contributed by atoms with van der Waals surface area (Å²) >= 11 is 0. The van der Waals surface area contributed by atoms with Crippen LogP contribution in [0.4, 0.5) is 0 Å².